The third-order valence-electron chi connectivity index (χ3n) is 1.88. The van der Waals surface area contributed by atoms with Crippen molar-refractivity contribution in [3.05, 3.63) is 12.2 Å². The fourth-order valence-electron chi connectivity index (χ4n) is 1.03. The second kappa shape index (κ2) is 6.84. The third-order valence-corrected chi connectivity index (χ3v) is 1.88. The van der Waals surface area contributed by atoms with Gasteiger partial charge in [0.05, 0.1) is 6.10 Å². The van der Waals surface area contributed by atoms with Crippen molar-refractivity contribution < 1.29 is 9.53 Å². The number of carbonyl (C=O) groups excluding carboxylic acids is 1. The monoisotopic (exact) mass is 184 g/mol. The van der Waals surface area contributed by atoms with E-state index in [0.717, 1.165) is 12.8 Å². The Kier molecular flexibility index (Phi) is 6.51. The van der Waals surface area contributed by atoms with Crippen LogP contribution in [0.15, 0.2) is 12.2 Å². The second-order valence-electron chi connectivity index (χ2n) is 3.72. The van der Waals surface area contributed by atoms with Crippen LogP contribution in [0.3, 0.4) is 0 Å². The summed E-state index contributed by atoms with van der Waals surface area (Å²) in [6, 6.07) is 0. The van der Waals surface area contributed by atoms with E-state index in [-0.39, 0.29) is 11.9 Å². The zero-order valence-corrected chi connectivity index (χ0v) is 9.04. The van der Waals surface area contributed by atoms with Gasteiger partial charge in [0.25, 0.3) is 0 Å². The molecule has 0 saturated carbocycles. The van der Waals surface area contributed by atoms with E-state index in [1.54, 1.807) is 20.1 Å². The molecular weight excluding hydrogens is 164 g/mol. The standard InChI is InChI=1S/C11H20O2/c1-9(2)5-7-11(13-4)8-6-10(3)12/h6,8-9,11H,5,7H2,1-4H3/b8-6+. The summed E-state index contributed by atoms with van der Waals surface area (Å²) in [6.45, 7) is 5.91. The minimum absolute atomic E-state index is 0.0756. The minimum atomic E-state index is 0.0756. The Balaban J connectivity index is 3.82. The molecule has 0 saturated heterocycles. The Labute approximate surface area is 81.0 Å². The zero-order valence-electron chi connectivity index (χ0n) is 9.04. The van der Waals surface area contributed by atoms with Gasteiger partial charge in [-0.1, -0.05) is 19.9 Å². The molecule has 0 rings (SSSR count). The van der Waals surface area contributed by atoms with E-state index >= 15 is 0 Å². The highest BCUT2D eigenvalue weighted by Gasteiger charge is 2.04. The lowest BCUT2D eigenvalue weighted by Gasteiger charge is -2.11. The van der Waals surface area contributed by atoms with Crippen LogP contribution in [0.4, 0.5) is 0 Å². The van der Waals surface area contributed by atoms with Crippen molar-refractivity contribution in [2.24, 2.45) is 5.92 Å². The van der Waals surface area contributed by atoms with Crippen molar-refractivity contribution in [3.63, 3.8) is 0 Å². The first-order valence-electron chi connectivity index (χ1n) is 4.77. The van der Waals surface area contributed by atoms with Crippen LogP contribution in [0.1, 0.15) is 33.6 Å². The molecule has 0 aliphatic heterocycles. The van der Waals surface area contributed by atoms with Gasteiger partial charge in [0.2, 0.25) is 0 Å². The van der Waals surface area contributed by atoms with E-state index in [9.17, 15) is 4.79 Å². The summed E-state index contributed by atoms with van der Waals surface area (Å²) < 4.78 is 5.21. The Morgan fingerprint density at radius 1 is 1.38 bits per heavy atom. The van der Waals surface area contributed by atoms with Crippen LogP contribution >= 0.6 is 0 Å². The normalized spacial score (nSPS) is 13.9. The molecule has 0 amide bonds. The Morgan fingerprint density at radius 2 is 2.00 bits per heavy atom. The first-order valence-corrected chi connectivity index (χ1v) is 4.77. The first-order chi connectivity index (χ1) is 6.06. The van der Waals surface area contributed by atoms with Crippen LogP contribution in [-0.2, 0) is 9.53 Å². The topological polar surface area (TPSA) is 26.3 Å². The minimum Gasteiger partial charge on any atom is -0.377 e. The molecule has 0 fully saturated rings. The van der Waals surface area contributed by atoms with E-state index in [0.29, 0.717) is 5.92 Å². The molecule has 0 aliphatic rings. The van der Waals surface area contributed by atoms with Crippen molar-refractivity contribution in [2.45, 2.75) is 39.7 Å². The smallest absolute Gasteiger partial charge is 0.152 e. The molecular formula is C11H20O2. The van der Waals surface area contributed by atoms with Gasteiger partial charge >= 0.3 is 0 Å². The van der Waals surface area contributed by atoms with Gasteiger partial charge in [-0.3, -0.25) is 4.79 Å². The van der Waals surface area contributed by atoms with E-state index in [4.69, 9.17) is 4.74 Å². The highest BCUT2D eigenvalue weighted by atomic mass is 16.5. The zero-order chi connectivity index (χ0) is 10.3. The SMILES string of the molecule is COC(/C=C/C(C)=O)CCC(C)C. The Hall–Kier alpha value is -0.630. The molecule has 13 heavy (non-hydrogen) atoms. The number of methoxy groups -OCH3 is 1. The number of hydrogen-bond donors (Lipinski definition) is 0. The van der Waals surface area contributed by atoms with E-state index in [2.05, 4.69) is 13.8 Å². The number of ether oxygens (including phenoxy) is 1. The molecule has 0 bridgehead atoms. The van der Waals surface area contributed by atoms with Crippen LogP contribution in [-0.4, -0.2) is 19.0 Å². The van der Waals surface area contributed by atoms with Crippen molar-refractivity contribution >= 4 is 5.78 Å². The van der Waals surface area contributed by atoms with Crippen LogP contribution < -0.4 is 0 Å². The van der Waals surface area contributed by atoms with Gasteiger partial charge in [-0.2, -0.15) is 0 Å². The predicted octanol–water partition coefficient (Wildman–Crippen LogP) is 2.58. The lowest BCUT2D eigenvalue weighted by Crippen LogP contribution is -2.08. The van der Waals surface area contributed by atoms with Gasteiger partial charge < -0.3 is 4.74 Å². The molecule has 0 aromatic heterocycles. The van der Waals surface area contributed by atoms with Gasteiger partial charge in [-0.05, 0) is 31.8 Å². The predicted molar refractivity (Wildman–Crippen MR) is 54.7 cm³/mol. The van der Waals surface area contributed by atoms with Crippen molar-refractivity contribution in [3.8, 4) is 0 Å². The summed E-state index contributed by atoms with van der Waals surface area (Å²) in [4.78, 5) is 10.7. The molecule has 1 unspecified atom stereocenters. The summed E-state index contributed by atoms with van der Waals surface area (Å²) in [5.74, 6) is 0.759. The maximum absolute atomic E-state index is 10.7. The number of carbonyl (C=O) groups is 1. The average molecular weight is 184 g/mol. The van der Waals surface area contributed by atoms with Crippen LogP contribution in [0, 0.1) is 5.92 Å². The molecule has 0 N–H and O–H groups in total. The Bertz CT molecular complexity index is 171. The summed E-state index contributed by atoms with van der Waals surface area (Å²) in [5, 5.41) is 0. The van der Waals surface area contributed by atoms with Crippen molar-refractivity contribution in [2.75, 3.05) is 7.11 Å². The summed E-state index contributed by atoms with van der Waals surface area (Å²) in [7, 11) is 1.68. The molecule has 2 nitrogen and oxygen atoms in total. The summed E-state index contributed by atoms with van der Waals surface area (Å²) in [6.07, 6.45) is 5.61. The largest absolute Gasteiger partial charge is 0.377 e. The van der Waals surface area contributed by atoms with E-state index < -0.39 is 0 Å². The summed E-state index contributed by atoms with van der Waals surface area (Å²) >= 11 is 0. The molecule has 1 atom stereocenters. The number of rotatable bonds is 6. The van der Waals surface area contributed by atoms with Crippen molar-refractivity contribution in [1.82, 2.24) is 0 Å². The molecule has 2 heteroatoms. The molecule has 0 aliphatic carbocycles. The number of hydrogen-bond acceptors (Lipinski definition) is 2. The molecule has 0 radical (unpaired) electrons. The molecule has 76 valence electrons. The fourth-order valence-corrected chi connectivity index (χ4v) is 1.03. The van der Waals surface area contributed by atoms with Gasteiger partial charge in [0.15, 0.2) is 5.78 Å². The molecule has 0 spiro atoms. The van der Waals surface area contributed by atoms with E-state index in [1.165, 1.54) is 0 Å². The van der Waals surface area contributed by atoms with Gasteiger partial charge in [-0.25, -0.2) is 0 Å². The highest BCUT2D eigenvalue weighted by Crippen LogP contribution is 2.09. The fraction of sp³-hybridized carbons (Fsp3) is 0.727. The highest BCUT2D eigenvalue weighted by molar-refractivity contribution is 5.87. The average Bonchev–Trinajstić information content (AvgIpc) is 2.04. The molecule has 0 aromatic rings. The van der Waals surface area contributed by atoms with Gasteiger partial charge in [0.1, 0.15) is 0 Å². The van der Waals surface area contributed by atoms with Crippen molar-refractivity contribution in [1.29, 1.82) is 0 Å². The van der Waals surface area contributed by atoms with Crippen LogP contribution in [0.5, 0.6) is 0 Å². The van der Waals surface area contributed by atoms with E-state index in [1.807, 2.05) is 6.08 Å². The maximum atomic E-state index is 10.7. The second-order valence-corrected chi connectivity index (χ2v) is 3.72. The lowest BCUT2D eigenvalue weighted by atomic mass is 10.0. The molecule has 0 heterocycles. The van der Waals surface area contributed by atoms with Gasteiger partial charge in [0, 0.05) is 7.11 Å². The first kappa shape index (κ1) is 12.4. The van der Waals surface area contributed by atoms with Crippen LogP contribution in [0.25, 0.3) is 0 Å². The third kappa shape index (κ3) is 7.72. The molecule has 0 aromatic carbocycles. The van der Waals surface area contributed by atoms with Crippen LogP contribution in [0.2, 0.25) is 0 Å². The maximum Gasteiger partial charge on any atom is 0.152 e. The Morgan fingerprint density at radius 3 is 2.38 bits per heavy atom. The quantitative estimate of drug-likeness (QED) is 0.593. The van der Waals surface area contributed by atoms with Gasteiger partial charge in [-0.15, -0.1) is 0 Å². The number of allylic oxidation sites excluding steroid dienone is 1. The summed E-state index contributed by atoms with van der Waals surface area (Å²) in [5.41, 5.74) is 0. The lowest BCUT2D eigenvalue weighted by molar-refractivity contribution is -0.112. The number of ketones is 1.